The van der Waals surface area contributed by atoms with Crippen molar-refractivity contribution < 1.29 is 24.2 Å². The molecule has 1 fully saturated rings. The van der Waals surface area contributed by atoms with Crippen LogP contribution < -0.4 is 9.47 Å². The third-order valence-corrected chi connectivity index (χ3v) is 7.72. The van der Waals surface area contributed by atoms with E-state index in [0.717, 1.165) is 26.9 Å². The van der Waals surface area contributed by atoms with E-state index < -0.39 is 17.7 Å². The molecule has 1 amide bonds. The largest absolute Gasteiger partial charge is 0.507 e. The third-order valence-electron chi connectivity index (χ3n) is 6.65. The van der Waals surface area contributed by atoms with Gasteiger partial charge in [0.15, 0.2) is 0 Å². The number of thiophene rings is 1. The van der Waals surface area contributed by atoms with Gasteiger partial charge in [-0.1, -0.05) is 18.2 Å². The molecule has 0 radical (unpaired) electrons. The molecule has 184 valence electrons. The number of rotatable bonds is 7. The molecular formula is C28H26N2O5S. The summed E-state index contributed by atoms with van der Waals surface area (Å²) in [4.78, 5) is 32.4. The van der Waals surface area contributed by atoms with E-state index in [-0.39, 0.29) is 11.3 Å². The Hall–Kier alpha value is -4.04. The van der Waals surface area contributed by atoms with Crippen LogP contribution in [-0.4, -0.2) is 47.4 Å². The maximum absolute atomic E-state index is 13.4. The van der Waals surface area contributed by atoms with Gasteiger partial charge < -0.3 is 24.5 Å². The number of H-pyrrole nitrogens is 1. The van der Waals surface area contributed by atoms with E-state index in [9.17, 15) is 14.7 Å². The zero-order chi connectivity index (χ0) is 25.4. The molecule has 4 aromatic rings. The molecule has 5 rings (SSSR count). The number of nitrogens with one attached hydrogen (secondary N) is 1. The first kappa shape index (κ1) is 23.7. The predicted octanol–water partition coefficient (Wildman–Crippen LogP) is 5.22. The number of methoxy groups -OCH3 is 2. The number of hydrogen-bond acceptors (Lipinski definition) is 6. The lowest BCUT2D eigenvalue weighted by molar-refractivity contribution is -0.139. The second-order valence-electron chi connectivity index (χ2n) is 8.64. The SMILES string of the molecule is COc1ccc(/C(O)=C2/C(=O)C(=O)N(CCc3c[nH]c4ccccc34)C2c2sccc2C)c(OC)c1. The lowest BCUT2D eigenvalue weighted by Gasteiger charge is -2.25. The minimum Gasteiger partial charge on any atom is -0.507 e. The van der Waals surface area contributed by atoms with E-state index in [1.807, 2.05) is 48.8 Å². The Labute approximate surface area is 212 Å². The fourth-order valence-corrected chi connectivity index (χ4v) is 5.81. The minimum absolute atomic E-state index is 0.0629. The van der Waals surface area contributed by atoms with Crippen LogP contribution in [0, 0.1) is 6.92 Å². The monoisotopic (exact) mass is 502 g/mol. The van der Waals surface area contributed by atoms with Gasteiger partial charge >= 0.3 is 0 Å². The van der Waals surface area contributed by atoms with Crippen molar-refractivity contribution in [2.75, 3.05) is 20.8 Å². The average molecular weight is 503 g/mol. The van der Waals surface area contributed by atoms with Crippen molar-refractivity contribution in [1.82, 2.24) is 9.88 Å². The van der Waals surface area contributed by atoms with E-state index in [0.29, 0.717) is 30.0 Å². The van der Waals surface area contributed by atoms with E-state index in [4.69, 9.17) is 9.47 Å². The average Bonchev–Trinajstić information content (AvgIpc) is 3.58. The molecule has 0 saturated carbocycles. The van der Waals surface area contributed by atoms with Crippen LogP contribution in [0.2, 0.25) is 0 Å². The summed E-state index contributed by atoms with van der Waals surface area (Å²) in [5, 5.41) is 14.4. The number of likely N-dealkylation sites (tertiary alicyclic amines) is 1. The molecular weight excluding hydrogens is 476 g/mol. The Morgan fingerprint density at radius 3 is 2.64 bits per heavy atom. The van der Waals surface area contributed by atoms with Gasteiger partial charge in [0.25, 0.3) is 11.7 Å². The van der Waals surface area contributed by atoms with Crippen LogP contribution in [0.25, 0.3) is 16.7 Å². The summed E-state index contributed by atoms with van der Waals surface area (Å²) in [7, 11) is 3.01. The summed E-state index contributed by atoms with van der Waals surface area (Å²) in [5.41, 5.74) is 3.43. The molecule has 1 aliphatic rings. The standard InChI is InChI=1S/C28H26N2O5S/c1-16-11-13-36-27(16)24-23(25(31)20-9-8-18(34-2)14-22(20)35-3)26(32)28(33)30(24)12-10-17-15-29-21-7-5-4-6-19(17)21/h4-9,11,13-15,24,29,31H,10,12H2,1-3H3/b25-23-. The zero-order valence-electron chi connectivity index (χ0n) is 20.2. The van der Waals surface area contributed by atoms with Crippen molar-refractivity contribution in [3.63, 3.8) is 0 Å². The summed E-state index contributed by atoms with van der Waals surface area (Å²) in [5.74, 6) is -0.698. The number of carbonyl (C=O) groups is 2. The summed E-state index contributed by atoms with van der Waals surface area (Å²) in [6.45, 7) is 2.27. The first-order valence-corrected chi connectivity index (χ1v) is 12.4. The number of amides is 1. The number of aromatic amines is 1. The van der Waals surface area contributed by atoms with Crippen molar-refractivity contribution in [3.05, 3.63) is 87.2 Å². The van der Waals surface area contributed by atoms with Gasteiger partial charge in [-0.2, -0.15) is 0 Å². The molecule has 0 spiro atoms. The highest BCUT2D eigenvalue weighted by molar-refractivity contribution is 7.10. The topological polar surface area (TPSA) is 91.9 Å². The van der Waals surface area contributed by atoms with Crippen LogP contribution in [0.5, 0.6) is 11.5 Å². The van der Waals surface area contributed by atoms with Gasteiger partial charge in [-0.05, 0) is 54.1 Å². The van der Waals surface area contributed by atoms with Crippen LogP contribution in [0.1, 0.15) is 27.6 Å². The highest BCUT2D eigenvalue weighted by atomic mass is 32.1. The van der Waals surface area contributed by atoms with E-state index in [2.05, 4.69) is 4.98 Å². The van der Waals surface area contributed by atoms with Crippen molar-refractivity contribution in [2.24, 2.45) is 0 Å². The Kier molecular flexibility index (Phi) is 6.28. The first-order valence-electron chi connectivity index (χ1n) is 11.5. The molecule has 0 aliphatic carbocycles. The quantitative estimate of drug-likeness (QED) is 0.205. The number of carbonyl (C=O) groups excluding carboxylic acids is 2. The molecule has 0 bridgehead atoms. The van der Waals surface area contributed by atoms with Crippen LogP contribution in [0.15, 0.2) is 65.7 Å². The zero-order valence-corrected chi connectivity index (χ0v) is 21.0. The molecule has 1 aliphatic heterocycles. The third kappa shape index (κ3) is 3.93. The smallest absolute Gasteiger partial charge is 0.295 e. The first-order chi connectivity index (χ1) is 17.4. The number of fused-ring (bicyclic) bond motifs is 1. The molecule has 2 aromatic heterocycles. The number of aliphatic hydroxyl groups excluding tert-OH is 1. The van der Waals surface area contributed by atoms with E-state index in [1.54, 1.807) is 23.1 Å². The van der Waals surface area contributed by atoms with Crippen LogP contribution in [-0.2, 0) is 16.0 Å². The number of nitrogens with zero attached hydrogens (tertiary/aromatic N) is 1. The predicted molar refractivity (Wildman–Crippen MR) is 140 cm³/mol. The number of para-hydroxylation sites is 1. The summed E-state index contributed by atoms with van der Waals surface area (Å²) in [6.07, 6.45) is 2.50. The van der Waals surface area contributed by atoms with E-state index >= 15 is 0 Å². The van der Waals surface area contributed by atoms with Gasteiger partial charge in [-0.3, -0.25) is 9.59 Å². The molecule has 8 heteroatoms. The highest BCUT2D eigenvalue weighted by Gasteiger charge is 2.47. The Balaban J connectivity index is 1.58. The molecule has 1 unspecified atom stereocenters. The van der Waals surface area contributed by atoms with Crippen LogP contribution in [0.3, 0.4) is 0 Å². The number of ketones is 1. The maximum Gasteiger partial charge on any atom is 0.295 e. The Morgan fingerprint density at radius 1 is 1.11 bits per heavy atom. The number of Topliss-reactive ketones (excluding diaryl/α,β-unsaturated/α-hetero) is 1. The van der Waals surface area contributed by atoms with Crippen molar-refractivity contribution >= 4 is 39.7 Å². The molecule has 1 saturated heterocycles. The van der Waals surface area contributed by atoms with Gasteiger partial charge in [-0.25, -0.2) is 0 Å². The van der Waals surface area contributed by atoms with E-state index in [1.165, 1.54) is 25.6 Å². The fraction of sp³-hybridized carbons (Fsp3) is 0.214. The minimum atomic E-state index is -0.706. The van der Waals surface area contributed by atoms with Gasteiger partial charge in [0.2, 0.25) is 0 Å². The molecule has 7 nitrogen and oxygen atoms in total. The number of ether oxygens (including phenoxy) is 2. The van der Waals surface area contributed by atoms with Crippen molar-refractivity contribution in [3.8, 4) is 11.5 Å². The molecule has 1 atom stereocenters. The van der Waals surface area contributed by atoms with Crippen LogP contribution >= 0.6 is 11.3 Å². The normalized spacial score (nSPS) is 17.2. The van der Waals surface area contributed by atoms with Gasteiger partial charge in [-0.15, -0.1) is 11.3 Å². The van der Waals surface area contributed by atoms with Crippen molar-refractivity contribution in [1.29, 1.82) is 0 Å². The summed E-state index contributed by atoms with van der Waals surface area (Å²) < 4.78 is 10.7. The number of aromatic nitrogens is 1. The lowest BCUT2D eigenvalue weighted by Crippen LogP contribution is -2.31. The summed E-state index contributed by atoms with van der Waals surface area (Å²) >= 11 is 1.46. The number of aryl methyl sites for hydroxylation is 1. The number of aliphatic hydroxyl groups is 1. The van der Waals surface area contributed by atoms with Crippen molar-refractivity contribution in [2.45, 2.75) is 19.4 Å². The maximum atomic E-state index is 13.4. The number of hydrogen-bond donors (Lipinski definition) is 2. The number of benzene rings is 2. The molecule has 3 heterocycles. The Bertz CT molecular complexity index is 1500. The Morgan fingerprint density at radius 2 is 1.92 bits per heavy atom. The second kappa shape index (κ2) is 9.54. The highest BCUT2D eigenvalue weighted by Crippen LogP contribution is 2.44. The van der Waals surface area contributed by atoms with Crippen LogP contribution in [0.4, 0.5) is 0 Å². The molecule has 2 N–H and O–H groups in total. The fourth-order valence-electron chi connectivity index (χ4n) is 4.77. The van der Waals surface area contributed by atoms with Gasteiger partial charge in [0, 0.05) is 34.6 Å². The van der Waals surface area contributed by atoms with Gasteiger partial charge in [0.1, 0.15) is 17.3 Å². The molecule has 2 aromatic carbocycles. The summed E-state index contributed by atoms with van der Waals surface area (Å²) in [6, 6.07) is 14.2. The second-order valence-corrected chi connectivity index (χ2v) is 9.58. The van der Waals surface area contributed by atoms with Gasteiger partial charge in [0.05, 0.1) is 31.4 Å². The lowest BCUT2D eigenvalue weighted by atomic mass is 9.97. The molecule has 36 heavy (non-hydrogen) atoms.